The summed E-state index contributed by atoms with van der Waals surface area (Å²) >= 11 is 0. The van der Waals surface area contributed by atoms with E-state index in [1.54, 1.807) is 0 Å². The Balaban J connectivity index is 2.65. The zero-order valence-electron chi connectivity index (χ0n) is 10.0. The molecule has 2 nitrogen and oxygen atoms in total. The van der Waals surface area contributed by atoms with Crippen LogP contribution in [0.2, 0.25) is 0 Å². The molecular weight excluding hydrogens is 172 g/mol. The van der Waals surface area contributed by atoms with Gasteiger partial charge in [0.1, 0.15) is 0 Å². The molecule has 1 heterocycles. The van der Waals surface area contributed by atoms with Gasteiger partial charge in [0.2, 0.25) is 0 Å². The third-order valence-corrected chi connectivity index (χ3v) is 3.21. The summed E-state index contributed by atoms with van der Waals surface area (Å²) in [6.07, 6.45) is 2.55. The molecule has 1 fully saturated rings. The first-order chi connectivity index (χ1) is 6.34. The molecule has 0 saturated carbocycles. The Morgan fingerprint density at radius 1 is 1.50 bits per heavy atom. The van der Waals surface area contributed by atoms with Crippen LogP contribution in [0.15, 0.2) is 12.3 Å². The molecule has 1 aliphatic heterocycles. The molecule has 0 aromatic heterocycles. The zero-order valence-corrected chi connectivity index (χ0v) is 10.0. The van der Waals surface area contributed by atoms with Gasteiger partial charge in [0, 0.05) is 24.3 Å². The van der Waals surface area contributed by atoms with Crippen LogP contribution in [-0.2, 0) is 0 Å². The maximum Gasteiger partial charge on any atom is 0.0489 e. The van der Waals surface area contributed by atoms with E-state index >= 15 is 0 Å². The number of nitrogens with two attached hydrogens (primary N) is 1. The van der Waals surface area contributed by atoms with Crippen molar-refractivity contribution in [1.82, 2.24) is 4.90 Å². The van der Waals surface area contributed by atoms with Crippen molar-refractivity contribution in [3.05, 3.63) is 12.3 Å². The molecule has 2 N–H and O–H groups in total. The Morgan fingerprint density at radius 3 is 2.43 bits per heavy atom. The van der Waals surface area contributed by atoms with Crippen LogP contribution in [0, 0.1) is 5.41 Å². The van der Waals surface area contributed by atoms with Crippen LogP contribution in [0.1, 0.15) is 40.5 Å². The minimum Gasteiger partial charge on any atom is -0.371 e. The van der Waals surface area contributed by atoms with Gasteiger partial charge in [-0.3, -0.25) is 0 Å². The van der Waals surface area contributed by atoms with E-state index in [-0.39, 0.29) is 11.5 Å². The maximum atomic E-state index is 6.20. The van der Waals surface area contributed by atoms with E-state index < -0.39 is 0 Å². The molecule has 1 rings (SSSR count). The third kappa shape index (κ3) is 2.30. The van der Waals surface area contributed by atoms with Crippen molar-refractivity contribution in [2.24, 2.45) is 11.1 Å². The summed E-state index contributed by atoms with van der Waals surface area (Å²) in [4.78, 5) is 2.37. The normalized spacial score (nSPS) is 25.2. The molecule has 14 heavy (non-hydrogen) atoms. The standard InChI is InChI=1S/C12H24N2/c1-9-7-6-8-14(9)10(2)11(13)12(3,4)5/h9,11H,2,6-8,13H2,1,3-5H3. The van der Waals surface area contributed by atoms with E-state index in [2.05, 4.69) is 39.2 Å². The van der Waals surface area contributed by atoms with Gasteiger partial charge >= 0.3 is 0 Å². The molecule has 2 atom stereocenters. The lowest BCUT2D eigenvalue weighted by Crippen LogP contribution is -2.43. The predicted octanol–water partition coefficient (Wildman–Crippen LogP) is 2.36. The smallest absolute Gasteiger partial charge is 0.0489 e. The van der Waals surface area contributed by atoms with E-state index in [0.717, 1.165) is 12.2 Å². The maximum absolute atomic E-state index is 6.20. The average Bonchev–Trinajstić information content (AvgIpc) is 2.47. The summed E-state index contributed by atoms with van der Waals surface area (Å²) < 4.78 is 0. The van der Waals surface area contributed by atoms with Gasteiger partial charge in [0.25, 0.3) is 0 Å². The largest absolute Gasteiger partial charge is 0.371 e. The molecule has 0 aliphatic carbocycles. The zero-order chi connectivity index (χ0) is 10.9. The van der Waals surface area contributed by atoms with Crippen molar-refractivity contribution in [2.45, 2.75) is 52.6 Å². The van der Waals surface area contributed by atoms with E-state index in [1.165, 1.54) is 12.8 Å². The summed E-state index contributed by atoms with van der Waals surface area (Å²) in [6.45, 7) is 14.1. The minimum absolute atomic E-state index is 0.0723. The molecule has 1 aliphatic rings. The van der Waals surface area contributed by atoms with Crippen LogP contribution < -0.4 is 5.73 Å². The molecule has 2 unspecified atom stereocenters. The summed E-state index contributed by atoms with van der Waals surface area (Å²) in [5.74, 6) is 0. The average molecular weight is 196 g/mol. The molecule has 0 amide bonds. The second-order valence-corrected chi connectivity index (χ2v) is 5.52. The molecule has 0 spiro atoms. The van der Waals surface area contributed by atoms with Crippen LogP contribution >= 0.6 is 0 Å². The monoisotopic (exact) mass is 196 g/mol. The fourth-order valence-electron chi connectivity index (χ4n) is 2.04. The topological polar surface area (TPSA) is 29.3 Å². The third-order valence-electron chi connectivity index (χ3n) is 3.21. The molecule has 1 saturated heterocycles. The van der Waals surface area contributed by atoms with Crippen molar-refractivity contribution in [2.75, 3.05) is 6.54 Å². The number of likely N-dealkylation sites (tertiary alicyclic amines) is 1. The van der Waals surface area contributed by atoms with E-state index in [4.69, 9.17) is 5.73 Å². The highest BCUT2D eigenvalue weighted by Gasteiger charge is 2.30. The van der Waals surface area contributed by atoms with E-state index in [0.29, 0.717) is 6.04 Å². The lowest BCUT2D eigenvalue weighted by molar-refractivity contribution is 0.256. The first-order valence-electron chi connectivity index (χ1n) is 5.55. The van der Waals surface area contributed by atoms with Crippen molar-refractivity contribution < 1.29 is 0 Å². The Bertz CT molecular complexity index is 211. The molecule has 0 radical (unpaired) electrons. The second kappa shape index (κ2) is 3.93. The Hall–Kier alpha value is -0.500. The number of rotatable bonds is 2. The molecular formula is C12H24N2. The fraction of sp³-hybridized carbons (Fsp3) is 0.833. The van der Waals surface area contributed by atoms with Gasteiger partial charge in [0.05, 0.1) is 0 Å². The first-order valence-corrected chi connectivity index (χ1v) is 5.55. The van der Waals surface area contributed by atoms with Gasteiger partial charge in [-0.05, 0) is 25.2 Å². The molecule has 0 bridgehead atoms. The second-order valence-electron chi connectivity index (χ2n) is 5.52. The van der Waals surface area contributed by atoms with E-state index in [1.807, 2.05) is 0 Å². The van der Waals surface area contributed by atoms with Gasteiger partial charge < -0.3 is 10.6 Å². The lowest BCUT2D eigenvalue weighted by Gasteiger charge is -2.36. The van der Waals surface area contributed by atoms with Crippen LogP contribution in [-0.4, -0.2) is 23.5 Å². The summed E-state index contributed by atoms with van der Waals surface area (Å²) in [5, 5.41) is 0. The number of hydrogen-bond donors (Lipinski definition) is 1. The minimum atomic E-state index is 0.0723. The Morgan fingerprint density at radius 2 is 2.07 bits per heavy atom. The summed E-state index contributed by atoms with van der Waals surface area (Å²) in [5.41, 5.74) is 7.42. The van der Waals surface area contributed by atoms with Crippen LogP contribution in [0.5, 0.6) is 0 Å². The van der Waals surface area contributed by atoms with Crippen LogP contribution in [0.25, 0.3) is 0 Å². The molecule has 0 aromatic carbocycles. The first kappa shape index (κ1) is 11.6. The highest BCUT2D eigenvalue weighted by molar-refractivity contribution is 5.10. The Kier molecular flexibility index (Phi) is 3.25. The van der Waals surface area contributed by atoms with Gasteiger partial charge in [-0.15, -0.1) is 0 Å². The number of nitrogens with zero attached hydrogens (tertiary/aromatic N) is 1. The van der Waals surface area contributed by atoms with Gasteiger partial charge in [-0.1, -0.05) is 27.4 Å². The van der Waals surface area contributed by atoms with Gasteiger partial charge in [-0.2, -0.15) is 0 Å². The highest BCUT2D eigenvalue weighted by Crippen LogP contribution is 2.29. The highest BCUT2D eigenvalue weighted by atomic mass is 15.2. The van der Waals surface area contributed by atoms with Crippen LogP contribution in [0.3, 0.4) is 0 Å². The van der Waals surface area contributed by atoms with Crippen molar-refractivity contribution in [1.29, 1.82) is 0 Å². The quantitative estimate of drug-likeness (QED) is 0.734. The Labute approximate surface area is 88.2 Å². The number of hydrogen-bond acceptors (Lipinski definition) is 2. The van der Waals surface area contributed by atoms with Crippen LogP contribution in [0.4, 0.5) is 0 Å². The molecule has 2 heteroatoms. The van der Waals surface area contributed by atoms with E-state index in [9.17, 15) is 0 Å². The summed E-state index contributed by atoms with van der Waals surface area (Å²) in [6, 6.07) is 0.693. The predicted molar refractivity (Wildman–Crippen MR) is 62.0 cm³/mol. The fourth-order valence-corrected chi connectivity index (χ4v) is 2.04. The van der Waals surface area contributed by atoms with Crippen molar-refractivity contribution >= 4 is 0 Å². The van der Waals surface area contributed by atoms with Crippen molar-refractivity contribution in [3.63, 3.8) is 0 Å². The van der Waals surface area contributed by atoms with Gasteiger partial charge in [0.15, 0.2) is 0 Å². The van der Waals surface area contributed by atoms with Gasteiger partial charge in [-0.25, -0.2) is 0 Å². The lowest BCUT2D eigenvalue weighted by atomic mass is 9.85. The molecule has 0 aromatic rings. The SMILES string of the molecule is C=C(C(N)C(C)(C)C)N1CCCC1C. The van der Waals surface area contributed by atoms with Crippen molar-refractivity contribution in [3.8, 4) is 0 Å². The summed E-state index contributed by atoms with van der Waals surface area (Å²) in [7, 11) is 0. The molecule has 82 valence electrons.